The van der Waals surface area contributed by atoms with Crippen LogP contribution >= 0.6 is 28.1 Å². The van der Waals surface area contributed by atoms with Crippen LogP contribution in [0, 0.1) is 11.8 Å². The highest BCUT2D eigenvalue weighted by atomic mass is 79.9. The Morgan fingerprint density at radius 1 is 0.731 bits per heavy atom. The number of nitrogens with zero attached hydrogens (tertiary/aromatic N) is 6. The second-order valence-corrected chi connectivity index (χ2v) is 21.3. The predicted octanol–water partition coefficient (Wildman–Crippen LogP) is -0.215. The number of nitrogens with two attached hydrogens (primary N) is 4. The van der Waals surface area contributed by atoms with Gasteiger partial charge in [-0.25, -0.2) is 14.6 Å². The highest BCUT2D eigenvalue weighted by Crippen LogP contribution is 2.31. The van der Waals surface area contributed by atoms with Gasteiger partial charge in [0, 0.05) is 95.7 Å². The molecule has 2 aliphatic rings. The number of aliphatic carboxylic acids is 2. The number of anilines is 1. The van der Waals surface area contributed by atoms with Crippen molar-refractivity contribution in [1.82, 2.24) is 45.4 Å². The van der Waals surface area contributed by atoms with E-state index in [0.717, 1.165) is 29.7 Å². The molecule has 1 saturated carbocycles. The summed E-state index contributed by atoms with van der Waals surface area (Å²) in [6.07, 6.45) is 5.37. The number of pyridine rings is 1. The summed E-state index contributed by atoms with van der Waals surface area (Å²) in [6.45, 7) is 4.82. The maximum absolute atomic E-state index is 14.1. The van der Waals surface area contributed by atoms with Gasteiger partial charge in [-0.2, -0.15) is 0 Å². The lowest BCUT2D eigenvalue weighted by Crippen LogP contribution is -2.54. The number of primary amides is 4. The van der Waals surface area contributed by atoms with Gasteiger partial charge in [0.15, 0.2) is 10.9 Å². The summed E-state index contributed by atoms with van der Waals surface area (Å²) in [6, 6.07) is 7.74. The van der Waals surface area contributed by atoms with Crippen molar-refractivity contribution in [3.05, 3.63) is 58.3 Å². The number of carbonyl (C=O) groups is 9. The highest BCUT2D eigenvalue weighted by molar-refractivity contribution is 9.10. The predicted molar refractivity (Wildman–Crippen MR) is 297 cm³/mol. The Balaban J connectivity index is 1.33. The number of nitrogens with one attached hydrogen (secondary N) is 4. The maximum Gasteiger partial charge on any atom is 0.326 e. The lowest BCUT2D eigenvalue weighted by atomic mass is 9.81. The van der Waals surface area contributed by atoms with E-state index in [1.54, 1.807) is 17.2 Å². The molecule has 3 atom stereocenters. The van der Waals surface area contributed by atoms with E-state index in [0.29, 0.717) is 107 Å². The number of thiocarbonyl (C=S) groups is 1. The molecule has 1 aromatic heterocycles. The third-order valence-electron chi connectivity index (χ3n) is 13.8. The van der Waals surface area contributed by atoms with Crippen LogP contribution in [0.4, 0.5) is 10.5 Å². The fourth-order valence-electron chi connectivity index (χ4n) is 9.65. The van der Waals surface area contributed by atoms with Crippen molar-refractivity contribution in [1.29, 1.82) is 0 Å². The van der Waals surface area contributed by atoms with E-state index < -0.39 is 59.5 Å². The maximum atomic E-state index is 14.1. The Kier molecular flexibility index (Phi) is 27.2. The average molecular weight is 1170 g/mol. The third-order valence-corrected chi connectivity index (χ3v) is 14.5. The van der Waals surface area contributed by atoms with Crippen LogP contribution in [-0.4, -0.2) is 201 Å². The van der Waals surface area contributed by atoms with Gasteiger partial charge < -0.3 is 59.3 Å². The molecule has 27 heteroatoms. The zero-order valence-electron chi connectivity index (χ0n) is 44.2. The summed E-state index contributed by atoms with van der Waals surface area (Å²) >= 11 is 9.04. The van der Waals surface area contributed by atoms with Crippen molar-refractivity contribution in [2.24, 2.45) is 34.8 Å². The van der Waals surface area contributed by atoms with Gasteiger partial charge in [0.05, 0.1) is 32.2 Å². The Hall–Kier alpha value is -6.39. The Bertz CT molecular complexity index is 2360. The van der Waals surface area contributed by atoms with Gasteiger partial charge in [0.25, 0.3) is 0 Å². The summed E-state index contributed by atoms with van der Waals surface area (Å²) in [4.78, 5) is 124. The zero-order chi connectivity index (χ0) is 57.3. The van der Waals surface area contributed by atoms with Gasteiger partial charge in [0.2, 0.25) is 29.5 Å². The number of urea groups is 1. The van der Waals surface area contributed by atoms with Crippen molar-refractivity contribution in [3.8, 4) is 0 Å². The normalized spacial score (nSPS) is 18.9. The van der Waals surface area contributed by atoms with E-state index in [1.807, 2.05) is 49.9 Å². The van der Waals surface area contributed by atoms with Gasteiger partial charge >= 0.3 is 18.0 Å². The van der Waals surface area contributed by atoms with Crippen LogP contribution in [0.2, 0.25) is 0 Å². The van der Waals surface area contributed by atoms with E-state index in [-0.39, 0.29) is 69.2 Å². The largest absolute Gasteiger partial charge is 0.481 e. The van der Waals surface area contributed by atoms with E-state index in [1.165, 1.54) is 6.92 Å². The van der Waals surface area contributed by atoms with Crippen LogP contribution < -0.4 is 44.2 Å². The van der Waals surface area contributed by atoms with Crippen molar-refractivity contribution < 1.29 is 53.4 Å². The van der Waals surface area contributed by atoms with Crippen LogP contribution in [0.1, 0.15) is 75.8 Å². The first-order valence-electron chi connectivity index (χ1n) is 26.1. The number of unbranched alkanes of at least 4 members (excludes halogenated alkanes) is 1. The SMILES string of the molecule is CC(=O)[C@@H](CCC(=O)O)NC(=O)N[C@H](CCCCN(Cc1ccc(Br)nc1)C(=O)C1CCC(CNC(=S)Nc2ccc(CC3CN(CC(N)=O)CCN(CC(N)=O)CCN(CC(N)=O)CCN3CC(N)=O)cc2)CC1)C(=O)O. The molecule has 1 aliphatic carbocycles. The molecule has 1 aliphatic heterocycles. The van der Waals surface area contributed by atoms with Crippen LogP contribution in [0.15, 0.2) is 47.2 Å². The molecule has 14 N–H and O–H groups in total. The molecule has 4 rings (SSSR count). The number of carboxylic acids is 2. The summed E-state index contributed by atoms with van der Waals surface area (Å²) in [7, 11) is 0. The van der Waals surface area contributed by atoms with Crippen molar-refractivity contribution in [2.45, 2.75) is 95.8 Å². The number of hydrogen-bond donors (Lipinski definition) is 10. The Labute approximate surface area is 468 Å². The van der Waals surface area contributed by atoms with E-state index in [4.69, 9.17) is 40.3 Å². The first kappa shape index (κ1) is 64.1. The molecule has 2 fully saturated rings. The topological polar surface area (TPSA) is 375 Å². The number of carbonyl (C=O) groups excluding carboxylic acids is 7. The molecular weight excluding hydrogens is 1100 g/mol. The molecule has 1 unspecified atom stereocenters. The van der Waals surface area contributed by atoms with Gasteiger partial charge in [-0.1, -0.05) is 18.2 Å². The number of rotatable bonds is 28. The molecule has 430 valence electrons. The third kappa shape index (κ3) is 24.5. The standard InChI is InChI=1S/C51H77BrN14O11S/c1-33(67)40(14-16-47(72)73)60-50(77)61-41(49(75)76)4-2-3-17-66(27-36-9-15-42(52)57-26-36)48(74)37-10-5-35(6-11-37)25-58-51(78)59-38-12-7-34(8-13-38)24-39-28-64(31-45(55)70)21-20-62(29-43(53)68)18-19-63(30-44(54)69)22-23-65(39)32-46(56)71/h7-9,12-13,15,26,35,37,39-41H,2-6,10-11,14,16-25,27-32H2,1H3,(H2,53,68)(H2,54,69)(H2,55,70)(H2,56,71)(H,72,73)(H,75,76)(H2,58,59,78)(H2,60,61,77)/t35?,37?,39?,40-,41-/m1/s1. The summed E-state index contributed by atoms with van der Waals surface area (Å²) in [5.41, 5.74) is 25.1. The molecule has 2 aromatic rings. The number of hydrogen-bond acceptors (Lipinski definition) is 15. The number of halogens is 1. The first-order chi connectivity index (χ1) is 37.0. The van der Waals surface area contributed by atoms with Gasteiger partial charge in [-0.05, 0) is 128 Å². The van der Waals surface area contributed by atoms with Crippen LogP contribution in [0.3, 0.4) is 0 Å². The van der Waals surface area contributed by atoms with Crippen LogP contribution in [-0.2, 0) is 51.3 Å². The number of Topliss-reactive ketones (excluding diaryl/α,β-unsaturated/α-hetero) is 1. The number of carboxylic acid groups (broad SMARTS) is 2. The van der Waals surface area contributed by atoms with Gasteiger partial charge in [-0.3, -0.25) is 53.2 Å². The number of aromatic nitrogens is 1. The molecule has 78 heavy (non-hydrogen) atoms. The minimum Gasteiger partial charge on any atom is -0.481 e. The molecule has 25 nitrogen and oxygen atoms in total. The summed E-state index contributed by atoms with van der Waals surface area (Å²) in [5, 5.41) is 30.6. The minimum absolute atomic E-state index is 0.0101. The molecule has 0 bridgehead atoms. The molecule has 0 spiro atoms. The fraction of sp³-hybridized carbons (Fsp3) is 0.588. The molecule has 1 saturated heterocycles. The first-order valence-corrected chi connectivity index (χ1v) is 27.3. The van der Waals surface area contributed by atoms with Crippen molar-refractivity contribution in [2.75, 3.05) is 90.4 Å². The van der Waals surface area contributed by atoms with E-state index >= 15 is 0 Å². The van der Waals surface area contributed by atoms with Crippen LogP contribution in [0.5, 0.6) is 0 Å². The second-order valence-electron chi connectivity index (χ2n) is 20.1. The highest BCUT2D eigenvalue weighted by Gasteiger charge is 2.31. The molecule has 7 amide bonds. The van der Waals surface area contributed by atoms with Gasteiger partial charge in [-0.15, -0.1) is 0 Å². The monoisotopic (exact) mass is 1170 g/mol. The molecule has 0 radical (unpaired) electrons. The van der Waals surface area contributed by atoms with E-state index in [2.05, 4.69) is 42.2 Å². The quantitative estimate of drug-likeness (QED) is 0.0299. The summed E-state index contributed by atoms with van der Waals surface area (Å²) < 4.78 is 0.648. The minimum atomic E-state index is -1.29. The number of benzene rings is 1. The fourth-order valence-corrected chi connectivity index (χ4v) is 10.1. The summed E-state index contributed by atoms with van der Waals surface area (Å²) in [5.74, 6) is -4.98. The molecular formula is C51H77BrN14O11S. The Morgan fingerprint density at radius 3 is 1.85 bits per heavy atom. The van der Waals surface area contributed by atoms with Crippen LogP contribution in [0.25, 0.3) is 0 Å². The lowest BCUT2D eigenvalue weighted by Gasteiger charge is -2.38. The van der Waals surface area contributed by atoms with E-state index in [9.17, 15) is 48.3 Å². The molecule has 2 heterocycles. The number of amides is 7. The van der Waals surface area contributed by atoms with Crippen molar-refractivity contribution in [3.63, 3.8) is 0 Å². The van der Waals surface area contributed by atoms with Gasteiger partial charge in [0.1, 0.15) is 10.6 Å². The Morgan fingerprint density at radius 2 is 1.29 bits per heavy atom. The lowest BCUT2D eigenvalue weighted by molar-refractivity contribution is -0.140. The zero-order valence-corrected chi connectivity index (χ0v) is 46.6. The number of ketones is 1. The van der Waals surface area contributed by atoms with Crippen molar-refractivity contribution >= 4 is 92.2 Å². The second kappa shape index (κ2) is 33.1. The molecule has 1 aromatic carbocycles. The average Bonchev–Trinajstić information content (AvgIpc) is 3.37. The smallest absolute Gasteiger partial charge is 0.326 e.